The van der Waals surface area contributed by atoms with E-state index >= 15 is 0 Å². The molecule has 0 spiro atoms. The molecular formula is C22H33N5O2S. The number of esters is 1. The standard InChI is InChI=1S/C22H33N5O2S/c1-6-29-21(28)19-16(2)25-20(30-19)17(3)26-22(23-4)24-14-10-11-15-27(5)18-12-8-7-9-13-18/h7-9,12-13,17H,6,10-11,14-15H2,1-5H3,(H2,23,24,26). The number of carbonyl (C=O) groups excluding carboxylic acids is 1. The lowest BCUT2D eigenvalue weighted by Gasteiger charge is -2.19. The topological polar surface area (TPSA) is 78.8 Å². The molecule has 0 bridgehead atoms. The molecular weight excluding hydrogens is 398 g/mol. The second-order valence-electron chi connectivity index (χ2n) is 7.02. The van der Waals surface area contributed by atoms with E-state index in [4.69, 9.17) is 4.74 Å². The summed E-state index contributed by atoms with van der Waals surface area (Å²) in [6.45, 7) is 7.84. The molecule has 8 heteroatoms. The van der Waals surface area contributed by atoms with Crippen molar-refractivity contribution in [2.24, 2.45) is 4.99 Å². The van der Waals surface area contributed by atoms with Crippen molar-refractivity contribution >= 4 is 29.0 Å². The quantitative estimate of drug-likeness (QED) is 0.258. The lowest BCUT2D eigenvalue weighted by molar-refractivity contribution is 0.0531. The highest BCUT2D eigenvalue weighted by atomic mass is 32.1. The Morgan fingerprint density at radius 2 is 2.03 bits per heavy atom. The van der Waals surface area contributed by atoms with Crippen LogP contribution in [0.5, 0.6) is 0 Å². The number of nitrogens with zero attached hydrogens (tertiary/aromatic N) is 3. The van der Waals surface area contributed by atoms with Gasteiger partial charge in [-0.05, 0) is 45.7 Å². The van der Waals surface area contributed by atoms with Crippen molar-refractivity contribution in [3.8, 4) is 0 Å². The molecule has 0 aliphatic carbocycles. The van der Waals surface area contributed by atoms with Crippen molar-refractivity contribution in [3.05, 3.63) is 45.9 Å². The van der Waals surface area contributed by atoms with E-state index in [2.05, 4.69) is 56.8 Å². The largest absolute Gasteiger partial charge is 0.462 e. The summed E-state index contributed by atoms with van der Waals surface area (Å²) in [5.74, 6) is 0.415. The van der Waals surface area contributed by atoms with Crippen molar-refractivity contribution in [1.82, 2.24) is 15.6 Å². The molecule has 7 nitrogen and oxygen atoms in total. The Balaban J connectivity index is 1.76. The molecule has 0 fully saturated rings. The molecule has 0 amide bonds. The Morgan fingerprint density at radius 1 is 1.30 bits per heavy atom. The number of hydrogen-bond donors (Lipinski definition) is 2. The summed E-state index contributed by atoms with van der Waals surface area (Å²) >= 11 is 1.36. The summed E-state index contributed by atoms with van der Waals surface area (Å²) in [6.07, 6.45) is 2.12. The molecule has 1 atom stereocenters. The fourth-order valence-corrected chi connectivity index (χ4v) is 3.91. The molecule has 164 valence electrons. The molecule has 2 N–H and O–H groups in total. The number of para-hydroxylation sites is 1. The van der Waals surface area contributed by atoms with Crippen molar-refractivity contribution in [3.63, 3.8) is 0 Å². The highest BCUT2D eigenvalue weighted by Crippen LogP contribution is 2.24. The lowest BCUT2D eigenvalue weighted by Crippen LogP contribution is -2.39. The highest BCUT2D eigenvalue weighted by Gasteiger charge is 2.20. The molecule has 0 saturated carbocycles. The van der Waals surface area contributed by atoms with Crippen molar-refractivity contribution in [2.75, 3.05) is 38.7 Å². The predicted octanol–water partition coefficient (Wildman–Crippen LogP) is 3.77. The first-order valence-electron chi connectivity index (χ1n) is 10.3. The second-order valence-corrected chi connectivity index (χ2v) is 8.05. The molecule has 0 aliphatic heterocycles. The number of aliphatic imine (C=N–C) groups is 1. The molecule has 0 saturated heterocycles. The van der Waals surface area contributed by atoms with E-state index in [0.29, 0.717) is 17.2 Å². The second kappa shape index (κ2) is 12.2. The number of hydrogen-bond acceptors (Lipinski definition) is 6. The Labute approximate surface area is 183 Å². The Hall–Kier alpha value is -2.61. The van der Waals surface area contributed by atoms with Gasteiger partial charge in [0.15, 0.2) is 5.96 Å². The monoisotopic (exact) mass is 431 g/mol. The van der Waals surface area contributed by atoms with Crippen molar-refractivity contribution in [1.29, 1.82) is 0 Å². The third-order valence-corrected chi connectivity index (χ3v) is 5.95. The average molecular weight is 432 g/mol. The number of aromatic nitrogens is 1. The number of guanidine groups is 1. The average Bonchev–Trinajstić information content (AvgIpc) is 3.15. The molecule has 1 unspecified atom stereocenters. The lowest BCUT2D eigenvalue weighted by atomic mass is 10.2. The van der Waals surface area contributed by atoms with Gasteiger partial charge in [0, 0.05) is 32.9 Å². The van der Waals surface area contributed by atoms with Crippen LogP contribution in [0.15, 0.2) is 35.3 Å². The van der Waals surface area contributed by atoms with E-state index in [9.17, 15) is 4.79 Å². The maximum Gasteiger partial charge on any atom is 0.350 e. The maximum absolute atomic E-state index is 12.0. The predicted molar refractivity (Wildman–Crippen MR) is 125 cm³/mol. The van der Waals surface area contributed by atoms with Gasteiger partial charge in [-0.3, -0.25) is 4.99 Å². The summed E-state index contributed by atoms with van der Waals surface area (Å²) < 4.78 is 5.10. The zero-order valence-corrected chi connectivity index (χ0v) is 19.4. The van der Waals surface area contributed by atoms with Crippen molar-refractivity contribution < 1.29 is 9.53 Å². The van der Waals surface area contributed by atoms with Crippen LogP contribution in [0, 0.1) is 6.92 Å². The van der Waals surface area contributed by atoms with Gasteiger partial charge in [-0.15, -0.1) is 11.3 Å². The molecule has 1 aromatic heterocycles. The molecule has 0 radical (unpaired) electrons. The Kier molecular flexibility index (Phi) is 9.60. The van der Waals surface area contributed by atoms with E-state index in [1.807, 2.05) is 19.9 Å². The van der Waals surface area contributed by atoms with E-state index < -0.39 is 0 Å². The minimum Gasteiger partial charge on any atom is -0.462 e. The van der Waals surface area contributed by atoms with Crippen LogP contribution in [0.25, 0.3) is 0 Å². The molecule has 30 heavy (non-hydrogen) atoms. The van der Waals surface area contributed by atoms with Crippen LogP contribution in [0.3, 0.4) is 0 Å². The Morgan fingerprint density at radius 3 is 2.70 bits per heavy atom. The Bertz CT molecular complexity index is 822. The van der Waals surface area contributed by atoms with Gasteiger partial charge in [0.25, 0.3) is 0 Å². The summed E-state index contributed by atoms with van der Waals surface area (Å²) in [5.41, 5.74) is 1.94. The number of anilines is 1. The van der Waals surface area contributed by atoms with Gasteiger partial charge in [-0.2, -0.15) is 0 Å². The zero-order chi connectivity index (χ0) is 21.9. The number of nitrogens with one attached hydrogen (secondary N) is 2. The number of benzene rings is 1. The van der Waals surface area contributed by atoms with Crippen LogP contribution < -0.4 is 15.5 Å². The maximum atomic E-state index is 12.0. The summed E-state index contributed by atoms with van der Waals surface area (Å²) in [4.78, 5) is 23.7. The zero-order valence-electron chi connectivity index (χ0n) is 18.6. The van der Waals surface area contributed by atoms with Crippen LogP contribution in [0.4, 0.5) is 5.69 Å². The van der Waals surface area contributed by atoms with Gasteiger partial charge in [-0.25, -0.2) is 9.78 Å². The molecule has 1 aromatic carbocycles. The van der Waals surface area contributed by atoms with Gasteiger partial charge >= 0.3 is 5.97 Å². The van der Waals surface area contributed by atoms with Gasteiger partial charge in [0.2, 0.25) is 0 Å². The van der Waals surface area contributed by atoms with Crippen molar-refractivity contribution in [2.45, 2.75) is 39.7 Å². The van der Waals surface area contributed by atoms with E-state index in [0.717, 1.165) is 36.9 Å². The fourth-order valence-electron chi connectivity index (χ4n) is 2.94. The first-order valence-corrected chi connectivity index (χ1v) is 11.2. The smallest absolute Gasteiger partial charge is 0.350 e. The fraction of sp³-hybridized carbons (Fsp3) is 0.500. The number of ether oxygens (including phenoxy) is 1. The minimum atomic E-state index is -0.311. The van der Waals surface area contributed by atoms with Crippen LogP contribution in [0.2, 0.25) is 0 Å². The van der Waals surface area contributed by atoms with E-state index in [-0.39, 0.29) is 12.0 Å². The number of thiazole rings is 1. The van der Waals surface area contributed by atoms with E-state index in [1.54, 1.807) is 14.0 Å². The number of rotatable bonds is 10. The molecule has 1 heterocycles. The van der Waals surface area contributed by atoms with E-state index in [1.165, 1.54) is 17.0 Å². The van der Waals surface area contributed by atoms with Gasteiger partial charge in [-0.1, -0.05) is 18.2 Å². The minimum absolute atomic E-state index is 0.0627. The number of unbranched alkanes of at least 4 members (excludes halogenated alkanes) is 1. The molecule has 2 aromatic rings. The van der Waals surface area contributed by atoms with Crippen LogP contribution in [-0.2, 0) is 4.74 Å². The van der Waals surface area contributed by atoms with Gasteiger partial charge in [0.05, 0.1) is 18.3 Å². The summed E-state index contributed by atoms with van der Waals surface area (Å²) in [5, 5.41) is 7.53. The highest BCUT2D eigenvalue weighted by molar-refractivity contribution is 7.13. The molecule has 0 aliphatic rings. The van der Waals surface area contributed by atoms with Gasteiger partial charge < -0.3 is 20.3 Å². The number of carbonyl (C=O) groups is 1. The SMILES string of the molecule is CCOC(=O)c1sc(C(C)NC(=NC)NCCCCN(C)c2ccccc2)nc1C. The normalized spacial score (nSPS) is 12.4. The third kappa shape index (κ3) is 7.02. The summed E-state index contributed by atoms with van der Waals surface area (Å²) in [7, 11) is 3.87. The van der Waals surface area contributed by atoms with Gasteiger partial charge in [0.1, 0.15) is 9.88 Å². The van der Waals surface area contributed by atoms with Crippen LogP contribution in [0.1, 0.15) is 53.1 Å². The third-order valence-electron chi connectivity index (χ3n) is 4.63. The molecule has 2 rings (SSSR count). The first-order chi connectivity index (χ1) is 14.5. The first kappa shape index (κ1) is 23.7. The van der Waals surface area contributed by atoms with Crippen LogP contribution in [-0.4, -0.2) is 50.7 Å². The van der Waals surface area contributed by atoms with Crippen LogP contribution >= 0.6 is 11.3 Å². The summed E-state index contributed by atoms with van der Waals surface area (Å²) in [6, 6.07) is 10.3. The number of aryl methyl sites for hydroxylation is 1.